The van der Waals surface area contributed by atoms with E-state index in [4.69, 9.17) is 4.99 Å². The molecule has 1 saturated heterocycles. The highest BCUT2D eigenvalue weighted by Gasteiger charge is 2.10. The average Bonchev–Trinajstić information content (AvgIpc) is 2.68. The summed E-state index contributed by atoms with van der Waals surface area (Å²) in [6, 6.07) is 9.19. The van der Waals surface area contributed by atoms with E-state index < -0.39 is 0 Å². The van der Waals surface area contributed by atoms with Gasteiger partial charge in [0.15, 0.2) is 5.96 Å². The molecule has 28 heavy (non-hydrogen) atoms. The summed E-state index contributed by atoms with van der Waals surface area (Å²) >= 11 is 0. The monoisotopic (exact) mass is 501 g/mol. The molecule has 0 amide bonds. The van der Waals surface area contributed by atoms with Gasteiger partial charge in [0.25, 0.3) is 0 Å². The smallest absolute Gasteiger partial charge is 0.191 e. The molecule has 1 fully saturated rings. The minimum Gasteiger partial charge on any atom is -0.357 e. The Bertz CT molecular complexity index is 570. The number of hydrogen-bond donors (Lipinski definition) is 2. The molecule has 0 atom stereocenters. The van der Waals surface area contributed by atoms with Crippen molar-refractivity contribution in [3.8, 4) is 0 Å². The van der Waals surface area contributed by atoms with Crippen LogP contribution in [0.15, 0.2) is 29.3 Å². The standard InChI is InChI=1S/C22H39N5.HI/c1-5-23-22(24-13-16-27-14-9-6-10-15-27)25-17-20-11-7-8-12-21(20)18-26(4)19(2)3;/h7-8,11-12,19H,5-6,9-10,13-18H2,1-4H3,(H2,23,24,25);1H. The predicted octanol–water partition coefficient (Wildman–Crippen LogP) is 3.69. The molecule has 5 nitrogen and oxygen atoms in total. The molecule has 1 heterocycles. The number of rotatable bonds is 9. The van der Waals surface area contributed by atoms with Gasteiger partial charge in [-0.15, -0.1) is 24.0 Å². The van der Waals surface area contributed by atoms with Gasteiger partial charge in [-0.3, -0.25) is 4.90 Å². The van der Waals surface area contributed by atoms with Crippen molar-refractivity contribution in [2.75, 3.05) is 39.8 Å². The Kier molecular flexibility index (Phi) is 12.7. The van der Waals surface area contributed by atoms with Crippen LogP contribution in [-0.2, 0) is 13.1 Å². The van der Waals surface area contributed by atoms with Crippen molar-refractivity contribution in [2.45, 2.75) is 59.2 Å². The van der Waals surface area contributed by atoms with Gasteiger partial charge < -0.3 is 15.5 Å². The number of hydrogen-bond acceptors (Lipinski definition) is 3. The normalized spacial score (nSPS) is 15.6. The minimum atomic E-state index is 0. The summed E-state index contributed by atoms with van der Waals surface area (Å²) in [6.45, 7) is 13.7. The van der Waals surface area contributed by atoms with Crippen LogP contribution in [0.5, 0.6) is 0 Å². The van der Waals surface area contributed by atoms with E-state index in [1.807, 2.05) is 0 Å². The first-order valence-electron chi connectivity index (χ1n) is 10.6. The number of halogens is 1. The van der Waals surface area contributed by atoms with E-state index in [9.17, 15) is 0 Å². The van der Waals surface area contributed by atoms with Crippen molar-refractivity contribution >= 4 is 29.9 Å². The Morgan fingerprint density at radius 2 is 1.79 bits per heavy atom. The average molecular weight is 502 g/mol. The second-order valence-corrected chi connectivity index (χ2v) is 7.80. The summed E-state index contributed by atoms with van der Waals surface area (Å²) in [5, 5.41) is 6.88. The molecule has 6 heteroatoms. The Labute approximate surface area is 189 Å². The highest BCUT2D eigenvalue weighted by atomic mass is 127. The van der Waals surface area contributed by atoms with Crippen LogP contribution in [0.1, 0.15) is 51.2 Å². The number of nitrogens with one attached hydrogen (secondary N) is 2. The van der Waals surface area contributed by atoms with Gasteiger partial charge in [-0.05, 0) is 64.9 Å². The molecule has 0 aromatic heterocycles. The SMILES string of the molecule is CCNC(=NCc1ccccc1CN(C)C(C)C)NCCN1CCCCC1.I. The number of piperidine rings is 1. The number of guanidine groups is 1. The second kappa shape index (κ2) is 14.2. The lowest BCUT2D eigenvalue weighted by Gasteiger charge is -2.26. The molecule has 0 bridgehead atoms. The van der Waals surface area contributed by atoms with E-state index in [-0.39, 0.29) is 24.0 Å². The second-order valence-electron chi connectivity index (χ2n) is 7.80. The third kappa shape index (κ3) is 9.09. The van der Waals surface area contributed by atoms with Gasteiger partial charge in [0.05, 0.1) is 6.54 Å². The van der Waals surface area contributed by atoms with Crippen molar-refractivity contribution in [3.05, 3.63) is 35.4 Å². The molecule has 1 aliphatic rings. The molecule has 2 rings (SSSR count). The van der Waals surface area contributed by atoms with Crippen LogP contribution in [0.4, 0.5) is 0 Å². The number of aliphatic imine (C=N–C) groups is 1. The van der Waals surface area contributed by atoms with Crippen LogP contribution in [-0.4, -0.2) is 61.6 Å². The van der Waals surface area contributed by atoms with Crippen LogP contribution in [0, 0.1) is 0 Å². The van der Waals surface area contributed by atoms with Gasteiger partial charge in [0.1, 0.15) is 0 Å². The minimum absolute atomic E-state index is 0. The maximum atomic E-state index is 4.84. The zero-order chi connectivity index (χ0) is 19.5. The molecule has 0 saturated carbocycles. The van der Waals surface area contributed by atoms with Crippen molar-refractivity contribution in [2.24, 2.45) is 4.99 Å². The molecule has 0 spiro atoms. The van der Waals surface area contributed by atoms with E-state index in [1.165, 1.54) is 43.5 Å². The fourth-order valence-corrected chi connectivity index (χ4v) is 3.34. The Morgan fingerprint density at radius 1 is 1.11 bits per heavy atom. The quantitative estimate of drug-likeness (QED) is 0.308. The predicted molar refractivity (Wildman–Crippen MR) is 132 cm³/mol. The molecule has 0 unspecified atom stereocenters. The van der Waals surface area contributed by atoms with Gasteiger partial charge in [0.2, 0.25) is 0 Å². The third-order valence-electron chi connectivity index (χ3n) is 5.34. The van der Waals surface area contributed by atoms with Gasteiger partial charge >= 0.3 is 0 Å². The van der Waals surface area contributed by atoms with Crippen LogP contribution < -0.4 is 10.6 Å². The Balaban J connectivity index is 0.00000392. The van der Waals surface area contributed by atoms with Gasteiger partial charge in [-0.1, -0.05) is 30.7 Å². The fourth-order valence-electron chi connectivity index (χ4n) is 3.34. The van der Waals surface area contributed by atoms with E-state index in [0.29, 0.717) is 12.6 Å². The van der Waals surface area contributed by atoms with E-state index in [2.05, 4.69) is 72.5 Å². The van der Waals surface area contributed by atoms with Gasteiger partial charge in [-0.25, -0.2) is 4.99 Å². The summed E-state index contributed by atoms with van der Waals surface area (Å²) in [5.74, 6) is 0.918. The molecule has 1 aliphatic heterocycles. The lowest BCUT2D eigenvalue weighted by atomic mass is 10.1. The van der Waals surface area contributed by atoms with Crippen LogP contribution >= 0.6 is 24.0 Å². The number of benzene rings is 1. The highest BCUT2D eigenvalue weighted by molar-refractivity contribution is 14.0. The van der Waals surface area contributed by atoms with E-state index >= 15 is 0 Å². The molecular weight excluding hydrogens is 461 g/mol. The lowest BCUT2D eigenvalue weighted by Crippen LogP contribution is -2.42. The lowest BCUT2D eigenvalue weighted by molar-refractivity contribution is 0.232. The zero-order valence-corrected chi connectivity index (χ0v) is 20.5. The van der Waals surface area contributed by atoms with Crippen LogP contribution in [0.2, 0.25) is 0 Å². The van der Waals surface area contributed by atoms with Gasteiger partial charge in [0, 0.05) is 32.2 Å². The molecule has 2 N–H and O–H groups in total. The van der Waals surface area contributed by atoms with E-state index in [1.54, 1.807) is 0 Å². The Hall–Kier alpha value is -0.860. The molecule has 1 aromatic rings. The van der Waals surface area contributed by atoms with Crippen molar-refractivity contribution in [1.29, 1.82) is 0 Å². The molecular formula is C22H40IN5. The van der Waals surface area contributed by atoms with Crippen molar-refractivity contribution in [1.82, 2.24) is 20.4 Å². The van der Waals surface area contributed by atoms with E-state index in [0.717, 1.165) is 32.1 Å². The highest BCUT2D eigenvalue weighted by Crippen LogP contribution is 2.13. The maximum Gasteiger partial charge on any atom is 0.191 e. The topological polar surface area (TPSA) is 42.9 Å². The first-order chi connectivity index (χ1) is 13.1. The van der Waals surface area contributed by atoms with Crippen LogP contribution in [0.3, 0.4) is 0 Å². The summed E-state index contributed by atoms with van der Waals surface area (Å²) in [7, 11) is 2.18. The zero-order valence-electron chi connectivity index (χ0n) is 18.2. The number of likely N-dealkylation sites (tertiary alicyclic amines) is 1. The van der Waals surface area contributed by atoms with Crippen molar-refractivity contribution in [3.63, 3.8) is 0 Å². The maximum absolute atomic E-state index is 4.84. The number of nitrogens with zero attached hydrogens (tertiary/aromatic N) is 3. The van der Waals surface area contributed by atoms with Gasteiger partial charge in [-0.2, -0.15) is 0 Å². The first-order valence-corrected chi connectivity index (χ1v) is 10.6. The summed E-state index contributed by atoms with van der Waals surface area (Å²) < 4.78 is 0. The summed E-state index contributed by atoms with van der Waals surface area (Å²) in [4.78, 5) is 9.75. The fraction of sp³-hybridized carbons (Fsp3) is 0.682. The summed E-state index contributed by atoms with van der Waals surface area (Å²) in [6.07, 6.45) is 4.07. The largest absolute Gasteiger partial charge is 0.357 e. The summed E-state index contributed by atoms with van der Waals surface area (Å²) in [5.41, 5.74) is 2.67. The Morgan fingerprint density at radius 3 is 2.43 bits per heavy atom. The molecule has 1 aromatic carbocycles. The van der Waals surface area contributed by atoms with Crippen molar-refractivity contribution < 1.29 is 0 Å². The molecule has 0 radical (unpaired) electrons. The van der Waals surface area contributed by atoms with Crippen LogP contribution in [0.25, 0.3) is 0 Å². The molecule has 0 aliphatic carbocycles. The first kappa shape index (κ1) is 25.2. The molecule has 160 valence electrons. The third-order valence-corrected chi connectivity index (χ3v) is 5.34.